The van der Waals surface area contributed by atoms with Crippen LogP contribution in [-0.4, -0.2) is 10.1 Å². The van der Waals surface area contributed by atoms with E-state index in [1.165, 1.54) is 0 Å². The Kier molecular flexibility index (Phi) is 3.58. The molecule has 0 radical (unpaired) electrons. The van der Waals surface area contributed by atoms with E-state index in [-0.39, 0.29) is 16.2 Å². The molecule has 1 rings (SSSR count). The fourth-order valence-corrected chi connectivity index (χ4v) is 1.70. The Morgan fingerprint density at radius 3 is 2.62 bits per heavy atom. The Labute approximate surface area is 86.7 Å². The molecule has 72 valence electrons. The summed E-state index contributed by atoms with van der Waals surface area (Å²) in [5, 5.41) is 8.87. The summed E-state index contributed by atoms with van der Waals surface area (Å²) >= 11 is 8.55. The van der Waals surface area contributed by atoms with Crippen LogP contribution in [0.25, 0.3) is 0 Å². The normalized spacial score (nSPS) is 10.9. The average Bonchev–Trinajstić information content (AvgIpc) is 2.03. The first-order valence-electron chi connectivity index (χ1n) is 3.30. The summed E-state index contributed by atoms with van der Waals surface area (Å²) in [6.07, 6.45) is -2.67. The second kappa shape index (κ2) is 4.30. The van der Waals surface area contributed by atoms with Crippen molar-refractivity contribution in [3.8, 4) is 0 Å². The van der Waals surface area contributed by atoms with Crippen LogP contribution in [-0.2, 0) is 6.61 Å². The van der Waals surface area contributed by atoms with Crippen LogP contribution in [0.15, 0.2) is 10.7 Å². The average molecular weight is 272 g/mol. The highest BCUT2D eigenvalue weighted by Crippen LogP contribution is 2.28. The minimum Gasteiger partial charge on any atom is -0.392 e. The zero-order valence-electron chi connectivity index (χ0n) is 6.27. The quantitative estimate of drug-likeness (QED) is 0.840. The van der Waals surface area contributed by atoms with E-state index in [1.54, 1.807) is 0 Å². The van der Waals surface area contributed by atoms with Crippen molar-refractivity contribution in [3.63, 3.8) is 0 Å². The predicted octanol–water partition coefficient (Wildman–Crippen LogP) is 2.93. The molecule has 1 aromatic heterocycles. The maximum Gasteiger partial charge on any atom is 0.280 e. The van der Waals surface area contributed by atoms with Crippen LogP contribution in [0, 0.1) is 0 Å². The van der Waals surface area contributed by atoms with Crippen molar-refractivity contribution in [1.29, 1.82) is 0 Å². The zero-order chi connectivity index (χ0) is 10.0. The van der Waals surface area contributed by atoms with Gasteiger partial charge in [-0.2, -0.15) is 0 Å². The molecular weight excluding hydrogens is 267 g/mol. The monoisotopic (exact) mass is 271 g/mol. The SMILES string of the molecule is OCc1c(Cl)cc(C(F)F)nc1Br. The van der Waals surface area contributed by atoms with E-state index >= 15 is 0 Å². The van der Waals surface area contributed by atoms with Crippen molar-refractivity contribution >= 4 is 27.5 Å². The lowest BCUT2D eigenvalue weighted by atomic mass is 10.2. The molecule has 0 aromatic carbocycles. The fraction of sp³-hybridized carbons (Fsp3) is 0.286. The first-order chi connectivity index (χ1) is 6.06. The van der Waals surface area contributed by atoms with Crippen molar-refractivity contribution in [1.82, 2.24) is 4.98 Å². The molecule has 13 heavy (non-hydrogen) atoms. The number of hydrogen-bond acceptors (Lipinski definition) is 2. The van der Waals surface area contributed by atoms with E-state index in [0.29, 0.717) is 5.56 Å². The smallest absolute Gasteiger partial charge is 0.280 e. The highest BCUT2D eigenvalue weighted by Gasteiger charge is 2.14. The molecular formula is C7H5BrClF2NO. The molecule has 0 aliphatic rings. The minimum absolute atomic E-state index is 0.0830. The lowest BCUT2D eigenvalue weighted by Crippen LogP contribution is -1.96. The number of hydrogen-bond donors (Lipinski definition) is 1. The summed E-state index contributed by atoms with van der Waals surface area (Å²) < 4.78 is 24.5. The molecule has 0 unspecified atom stereocenters. The number of pyridine rings is 1. The van der Waals surface area contributed by atoms with Gasteiger partial charge in [0, 0.05) is 5.56 Å². The molecule has 2 nitrogen and oxygen atoms in total. The van der Waals surface area contributed by atoms with Gasteiger partial charge in [0.15, 0.2) is 0 Å². The molecule has 0 fully saturated rings. The number of nitrogens with zero attached hydrogens (tertiary/aromatic N) is 1. The minimum atomic E-state index is -2.67. The van der Waals surface area contributed by atoms with Gasteiger partial charge in [-0.15, -0.1) is 0 Å². The van der Waals surface area contributed by atoms with E-state index in [2.05, 4.69) is 20.9 Å². The molecule has 1 heterocycles. The first kappa shape index (κ1) is 10.8. The molecule has 0 atom stereocenters. The Morgan fingerprint density at radius 2 is 2.23 bits per heavy atom. The molecule has 0 aliphatic carbocycles. The maximum atomic E-state index is 12.2. The van der Waals surface area contributed by atoms with E-state index in [4.69, 9.17) is 16.7 Å². The number of aliphatic hydroxyl groups excluding tert-OH is 1. The third-order valence-corrected chi connectivity index (χ3v) is 2.41. The third kappa shape index (κ3) is 2.36. The summed E-state index contributed by atoms with van der Waals surface area (Å²) in [6.45, 7) is -0.337. The molecule has 0 saturated heterocycles. The Hall–Kier alpha value is -0.260. The van der Waals surface area contributed by atoms with Gasteiger partial charge in [0.2, 0.25) is 0 Å². The largest absolute Gasteiger partial charge is 0.392 e. The molecule has 0 amide bonds. The van der Waals surface area contributed by atoms with Gasteiger partial charge >= 0.3 is 0 Å². The fourth-order valence-electron chi connectivity index (χ4n) is 0.781. The van der Waals surface area contributed by atoms with Gasteiger partial charge in [-0.1, -0.05) is 11.6 Å². The number of aliphatic hydroxyl groups is 1. The Balaban J connectivity index is 3.20. The molecule has 0 bridgehead atoms. The van der Waals surface area contributed by atoms with Gasteiger partial charge in [-0.05, 0) is 22.0 Å². The van der Waals surface area contributed by atoms with Crippen LogP contribution in [0.4, 0.5) is 8.78 Å². The van der Waals surface area contributed by atoms with Crippen LogP contribution in [0.2, 0.25) is 5.02 Å². The standard InChI is InChI=1S/C7H5BrClF2NO/c8-6-3(2-13)4(9)1-5(12-6)7(10)11/h1,7,13H,2H2. The topological polar surface area (TPSA) is 33.1 Å². The van der Waals surface area contributed by atoms with Gasteiger partial charge < -0.3 is 5.11 Å². The van der Waals surface area contributed by atoms with Crippen molar-refractivity contribution in [2.24, 2.45) is 0 Å². The number of rotatable bonds is 2. The predicted molar refractivity (Wildman–Crippen MR) is 47.8 cm³/mol. The van der Waals surface area contributed by atoms with Crippen molar-refractivity contribution in [3.05, 3.63) is 26.9 Å². The molecule has 1 N–H and O–H groups in total. The summed E-state index contributed by atoms with van der Waals surface area (Å²) in [5.41, 5.74) is -0.0971. The van der Waals surface area contributed by atoms with Crippen LogP contribution < -0.4 is 0 Å². The van der Waals surface area contributed by atoms with Crippen LogP contribution in [0.1, 0.15) is 17.7 Å². The summed E-state index contributed by atoms with van der Waals surface area (Å²) in [5.74, 6) is 0. The summed E-state index contributed by atoms with van der Waals surface area (Å²) in [7, 11) is 0. The van der Waals surface area contributed by atoms with Crippen molar-refractivity contribution in [2.75, 3.05) is 0 Å². The number of aromatic nitrogens is 1. The molecule has 0 saturated carbocycles. The van der Waals surface area contributed by atoms with Gasteiger partial charge in [0.05, 0.1) is 11.6 Å². The number of alkyl halides is 2. The van der Waals surface area contributed by atoms with Crippen LogP contribution in [0.5, 0.6) is 0 Å². The van der Waals surface area contributed by atoms with Crippen LogP contribution >= 0.6 is 27.5 Å². The highest BCUT2D eigenvalue weighted by atomic mass is 79.9. The number of halogens is 4. The zero-order valence-corrected chi connectivity index (χ0v) is 8.61. The summed E-state index contributed by atoms with van der Waals surface area (Å²) in [6, 6.07) is 1.04. The lowest BCUT2D eigenvalue weighted by Gasteiger charge is -2.05. The van der Waals surface area contributed by atoms with Crippen molar-refractivity contribution < 1.29 is 13.9 Å². The van der Waals surface area contributed by atoms with Gasteiger partial charge in [0.1, 0.15) is 10.3 Å². The van der Waals surface area contributed by atoms with Crippen LogP contribution in [0.3, 0.4) is 0 Å². The lowest BCUT2D eigenvalue weighted by molar-refractivity contribution is 0.145. The molecule has 0 aliphatic heterocycles. The Morgan fingerprint density at radius 1 is 1.62 bits per heavy atom. The second-order valence-electron chi connectivity index (χ2n) is 2.26. The van der Waals surface area contributed by atoms with E-state index in [1.807, 2.05) is 0 Å². The van der Waals surface area contributed by atoms with E-state index in [0.717, 1.165) is 6.07 Å². The second-order valence-corrected chi connectivity index (χ2v) is 3.42. The first-order valence-corrected chi connectivity index (χ1v) is 4.47. The van der Waals surface area contributed by atoms with Crippen molar-refractivity contribution in [2.45, 2.75) is 13.0 Å². The Bertz CT molecular complexity index is 298. The summed E-state index contributed by atoms with van der Waals surface area (Å²) in [4.78, 5) is 3.53. The molecule has 1 aromatic rings. The maximum absolute atomic E-state index is 12.2. The molecule has 0 spiro atoms. The van der Waals surface area contributed by atoms with E-state index in [9.17, 15) is 8.78 Å². The van der Waals surface area contributed by atoms with Gasteiger partial charge in [-0.25, -0.2) is 13.8 Å². The molecule has 6 heteroatoms. The highest BCUT2D eigenvalue weighted by molar-refractivity contribution is 9.10. The third-order valence-electron chi connectivity index (χ3n) is 1.42. The van der Waals surface area contributed by atoms with Gasteiger partial charge in [0.25, 0.3) is 6.43 Å². The van der Waals surface area contributed by atoms with E-state index < -0.39 is 12.1 Å². The van der Waals surface area contributed by atoms with Gasteiger partial charge in [-0.3, -0.25) is 0 Å².